The molecule has 0 atom stereocenters. The van der Waals surface area contributed by atoms with Crippen LogP contribution in [0.3, 0.4) is 0 Å². The van der Waals surface area contributed by atoms with Crippen LogP contribution in [0.2, 0.25) is 0 Å². The molecule has 5 heteroatoms. The maximum absolute atomic E-state index is 8.74. The Bertz CT molecular complexity index is 354. The second kappa shape index (κ2) is 3.04. The first-order chi connectivity index (χ1) is 5.90. The van der Waals surface area contributed by atoms with E-state index < -0.39 is 0 Å². The first-order valence-electron chi connectivity index (χ1n) is 3.45. The number of aromatic amines is 1. The van der Waals surface area contributed by atoms with Gasteiger partial charge in [0.05, 0.1) is 11.9 Å². The number of imidazole rings is 1. The summed E-state index contributed by atoms with van der Waals surface area (Å²) in [4.78, 5) is 11.0. The Morgan fingerprint density at radius 2 is 2.42 bits per heavy atom. The maximum Gasteiger partial charge on any atom is 0.141 e. The Balaban J connectivity index is 2.35. The second-order valence-electron chi connectivity index (χ2n) is 2.24. The highest BCUT2D eigenvalue weighted by molar-refractivity contribution is 7.13. The number of aliphatic hydroxyl groups is 1. The molecule has 2 N–H and O–H groups in total. The van der Waals surface area contributed by atoms with Crippen molar-refractivity contribution in [2.24, 2.45) is 0 Å². The van der Waals surface area contributed by atoms with Gasteiger partial charge in [-0.15, -0.1) is 11.3 Å². The number of hydrogen-bond acceptors (Lipinski definition) is 4. The summed E-state index contributed by atoms with van der Waals surface area (Å²) in [5.74, 6) is 0.570. The van der Waals surface area contributed by atoms with E-state index >= 15 is 0 Å². The van der Waals surface area contributed by atoms with Crippen LogP contribution >= 0.6 is 11.3 Å². The van der Waals surface area contributed by atoms with Gasteiger partial charge in [0.15, 0.2) is 0 Å². The van der Waals surface area contributed by atoms with Crippen molar-refractivity contribution < 1.29 is 5.11 Å². The fraction of sp³-hybridized carbons (Fsp3) is 0.143. The summed E-state index contributed by atoms with van der Waals surface area (Å²) in [6.45, 7) is -0.0641. The Hall–Kier alpha value is -1.20. The lowest BCUT2D eigenvalue weighted by Crippen LogP contribution is -1.84. The molecule has 0 radical (unpaired) electrons. The largest absolute Gasteiger partial charge is 0.388 e. The first-order valence-corrected chi connectivity index (χ1v) is 4.32. The van der Waals surface area contributed by atoms with Crippen LogP contribution in [-0.4, -0.2) is 20.1 Å². The molecular weight excluding hydrogens is 174 g/mol. The van der Waals surface area contributed by atoms with Crippen molar-refractivity contribution in [3.63, 3.8) is 0 Å². The smallest absolute Gasteiger partial charge is 0.141 e. The van der Waals surface area contributed by atoms with Crippen molar-refractivity contribution in [2.75, 3.05) is 0 Å². The summed E-state index contributed by atoms with van der Waals surface area (Å²) in [5.41, 5.74) is 0.856. The molecule has 0 aromatic carbocycles. The van der Waals surface area contributed by atoms with Gasteiger partial charge in [-0.1, -0.05) is 0 Å². The molecule has 2 heterocycles. The monoisotopic (exact) mass is 181 g/mol. The van der Waals surface area contributed by atoms with E-state index in [4.69, 9.17) is 5.11 Å². The number of nitrogens with one attached hydrogen (secondary N) is 1. The normalized spacial score (nSPS) is 10.4. The van der Waals surface area contributed by atoms with E-state index in [9.17, 15) is 0 Å². The number of aromatic nitrogens is 3. The summed E-state index contributed by atoms with van der Waals surface area (Å²) in [6.07, 6.45) is 3.41. The van der Waals surface area contributed by atoms with Crippen LogP contribution in [0.25, 0.3) is 10.7 Å². The Morgan fingerprint density at radius 1 is 1.50 bits per heavy atom. The van der Waals surface area contributed by atoms with Crippen LogP contribution in [0.1, 0.15) is 5.82 Å². The van der Waals surface area contributed by atoms with Crippen LogP contribution in [0.4, 0.5) is 0 Å². The summed E-state index contributed by atoms with van der Waals surface area (Å²) in [5, 5.41) is 11.5. The highest BCUT2D eigenvalue weighted by atomic mass is 32.1. The lowest BCUT2D eigenvalue weighted by Gasteiger charge is -1.87. The minimum Gasteiger partial charge on any atom is -0.388 e. The third-order valence-electron chi connectivity index (χ3n) is 1.44. The quantitative estimate of drug-likeness (QED) is 0.727. The van der Waals surface area contributed by atoms with E-state index in [0.29, 0.717) is 5.82 Å². The van der Waals surface area contributed by atoms with E-state index in [1.807, 2.05) is 5.38 Å². The Labute approximate surface area is 72.9 Å². The molecule has 0 saturated carbocycles. The predicted molar refractivity (Wildman–Crippen MR) is 45.6 cm³/mol. The van der Waals surface area contributed by atoms with E-state index in [2.05, 4.69) is 15.0 Å². The molecule has 2 rings (SSSR count). The fourth-order valence-electron chi connectivity index (χ4n) is 0.908. The molecule has 0 spiro atoms. The molecule has 0 fully saturated rings. The predicted octanol–water partition coefficient (Wildman–Crippen LogP) is 1.03. The molecule has 62 valence electrons. The van der Waals surface area contributed by atoms with Gasteiger partial charge >= 0.3 is 0 Å². The van der Waals surface area contributed by atoms with Crippen LogP contribution in [-0.2, 0) is 6.61 Å². The number of rotatable bonds is 2. The van der Waals surface area contributed by atoms with Crippen molar-refractivity contribution in [2.45, 2.75) is 6.61 Å². The van der Waals surface area contributed by atoms with Gasteiger partial charge in [0.25, 0.3) is 0 Å². The molecule has 0 aliphatic rings. The van der Waals surface area contributed by atoms with Crippen molar-refractivity contribution in [1.29, 1.82) is 0 Å². The zero-order chi connectivity index (χ0) is 8.39. The average molecular weight is 181 g/mol. The fourth-order valence-corrected chi connectivity index (χ4v) is 1.51. The van der Waals surface area contributed by atoms with Gasteiger partial charge < -0.3 is 10.1 Å². The Morgan fingerprint density at radius 3 is 3.00 bits per heavy atom. The zero-order valence-electron chi connectivity index (χ0n) is 6.19. The van der Waals surface area contributed by atoms with Gasteiger partial charge in [0.1, 0.15) is 17.4 Å². The van der Waals surface area contributed by atoms with Crippen molar-refractivity contribution in [1.82, 2.24) is 15.0 Å². The maximum atomic E-state index is 8.74. The molecule has 0 saturated heterocycles. The third kappa shape index (κ3) is 1.24. The summed E-state index contributed by atoms with van der Waals surface area (Å²) in [7, 11) is 0. The summed E-state index contributed by atoms with van der Waals surface area (Å²) >= 11 is 1.54. The van der Waals surface area contributed by atoms with Crippen LogP contribution in [0.15, 0.2) is 17.8 Å². The van der Waals surface area contributed by atoms with Crippen LogP contribution < -0.4 is 0 Å². The van der Waals surface area contributed by atoms with Gasteiger partial charge in [-0.05, 0) is 0 Å². The molecule has 12 heavy (non-hydrogen) atoms. The number of hydrogen-bond donors (Lipinski definition) is 2. The highest BCUT2D eigenvalue weighted by Gasteiger charge is 2.03. The SMILES string of the molecule is OCc1ncc(-c2nccs2)[nH]1. The minimum atomic E-state index is -0.0641. The topological polar surface area (TPSA) is 61.8 Å². The van der Waals surface area contributed by atoms with Crippen molar-refractivity contribution in [3.8, 4) is 10.7 Å². The van der Waals surface area contributed by atoms with Gasteiger partial charge in [-0.25, -0.2) is 9.97 Å². The summed E-state index contributed by atoms with van der Waals surface area (Å²) in [6, 6.07) is 0. The number of thiazole rings is 1. The van der Waals surface area contributed by atoms with Crippen LogP contribution in [0.5, 0.6) is 0 Å². The average Bonchev–Trinajstić information content (AvgIpc) is 2.75. The Kier molecular flexibility index (Phi) is 1.89. The van der Waals surface area contributed by atoms with Gasteiger partial charge in [-0.2, -0.15) is 0 Å². The van der Waals surface area contributed by atoms with Gasteiger partial charge in [0.2, 0.25) is 0 Å². The lowest BCUT2D eigenvalue weighted by molar-refractivity contribution is 0.272. The standard InChI is InChI=1S/C7H7N3OS/c11-4-6-9-3-5(10-6)7-8-1-2-12-7/h1-3,11H,4H2,(H,9,10). The molecule has 0 aliphatic carbocycles. The molecule has 0 amide bonds. The minimum absolute atomic E-state index is 0.0641. The first kappa shape index (κ1) is 7.45. The molecule has 2 aromatic heterocycles. The lowest BCUT2D eigenvalue weighted by atomic mass is 10.5. The molecule has 0 aliphatic heterocycles. The van der Waals surface area contributed by atoms with Gasteiger partial charge in [-0.3, -0.25) is 0 Å². The number of H-pyrrole nitrogens is 1. The number of nitrogens with zero attached hydrogens (tertiary/aromatic N) is 2. The summed E-state index contributed by atoms with van der Waals surface area (Å²) < 4.78 is 0. The highest BCUT2D eigenvalue weighted by Crippen LogP contribution is 2.18. The zero-order valence-corrected chi connectivity index (χ0v) is 7.01. The van der Waals surface area contributed by atoms with E-state index in [1.165, 1.54) is 11.3 Å². The second-order valence-corrected chi connectivity index (χ2v) is 3.13. The molecule has 0 bridgehead atoms. The van der Waals surface area contributed by atoms with E-state index in [1.54, 1.807) is 12.4 Å². The molecular formula is C7H7N3OS. The van der Waals surface area contributed by atoms with Crippen molar-refractivity contribution >= 4 is 11.3 Å². The molecule has 0 unspecified atom stereocenters. The van der Waals surface area contributed by atoms with E-state index in [-0.39, 0.29) is 6.61 Å². The van der Waals surface area contributed by atoms with Crippen LogP contribution in [0, 0.1) is 0 Å². The third-order valence-corrected chi connectivity index (χ3v) is 2.25. The van der Waals surface area contributed by atoms with Crippen molar-refractivity contribution in [3.05, 3.63) is 23.6 Å². The van der Waals surface area contributed by atoms with E-state index in [0.717, 1.165) is 10.7 Å². The molecule has 2 aromatic rings. The number of aliphatic hydroxyl groups excluding tert-OH is 1. The van der Waals surface area contributed by atoms with Gasteiger partial charge in [0, 0.05) is 11.6 Å². The molecule has 4 nitrogen and oxygen atoms in total.